The van der Waals surface area contributed by atoms with Gasteiger partial charge in [0.05, 0.1) is 12.8 Å². The first-order chi connectivity index (χ1) is 14.5. The second-order valence-corrected chi connectivity index (χ2v) is 7.33. The van der Waals surface area contributed by atoms with Crippen LogP contribution in [0, 0.1) is 11.7 Å². The summed E-state index contributed by atoms with van der Waals surface area (Å²) in [6, 6.07) is 7.88. The first-order valence-corrected chi connectivity index (χ1v) is 10.1. The van der Waals surface area contributed by atoms with Crippen molar-refractivity contribution in [3.8, 4) is 0 Å². The Balaban J connectivity index is 1.69. The van der Waals surface area contributed by atoms with E-state index in [0.29, 0.717) is 38.1 Å². The van der Waals surface area contributed by atoms with Crippen molar-refractivity contribution in [1.82, 2.24) is 15.5 Å². The van der Waals surface area contributed by atoms with E-state index in [1.54, 1.807) is 17.0 Å². The normalized spacial score (nSPS) is 15.5. The van der Waals surface area contributed by atoms with Gasteiger partial charge in [0.15, 0.2) is 0 Å². The number of likely N-dealkylation sites (tertiary alicyclic amines) is 1. The van der Waals surface area contributed by atoms with Gasteiger partial charge in [-0.05, 0) is 55.2 Å². The molecule has 0 spiro atoms. The molecule has 0 saturated carbocycles. The fraction of sp³-hybridized carbons (Fsp3) is 0.409. The van der Waals surface area contributed by atoms with Gasteiger partial charge >= 0.3 is 0 Å². The molecule has 1 aromatic carbocycles. The van der Waals surface area contributed by atoms with Crippen LogP contribution in [0.4, 0.5) is 4.39 Å². The summed E-state index contributed by atoms with van der Waals surface area (Å²) in [7, 11) is 0. The molecule has 0 aliphatic carbocycles. The molecule has 2 aromatic rings. The number of furan rings is 1. The van der Waals surface area contributed by atoms with E-state index in [1.165, 1.54) is 30.5 Å². The molecule has 2 heterocycles. The number of amides is 3. The molecule has 1 unspecified atom stereocenters. The zero-order valence-corrected chi connectivity index (χ0v) is 16.9. The summed E-state index contributed by atoms with van der Waals surface area (Å²) < 4.78 is 18.4. The van der Waals surface area contributed by atoms with E-state index in [-0.39, 0.29) is 29.8 Å². The lowest BCUT2D eigenvalue weighted by atomic mass is 9.88. The number of piperidine rings is 1. The van der Waals surface area contributed by atoms with E-state index in [0.717, 1.165) is 0 Å². The highest BCUT2D eigenvalue weighted by Gasteiger charge is 2.33. The minimum absolute atomic E-state index is 0.0858. The van der Waals surface area contributed by atoms with Crippen LogP contribution < -0.4 is 10.6 Å². The summed E-state index contributed by atoms with van der Waals surface area (Å²) in [6.45, 7) is 3.13. The van der Waals surface area contributed by atoms with Crippen LogP contribution in [0.1, 0.15) is 42.3 Å². The van der Waals surface area contributed by atoms with E-state index in [2.05, 4.69) is 10.6 Å². The molecule has 1 aliphatic heterocycles. The van der Waals surface area contributed by atoms with Gasteiger partial charge in [0.1, 0.15) is 17.6 Å². The van der Waals surface area contributed by atoms with Crippen molar-refractivity contribution >= 4 is 17.7 Å². The molecular weight excluding hydrogens is 389 g/mol. The predicted molar refractivity (Wildman–Crippen MR) is 108 cm³/mol. The van der Waals surface area contributed by atoms with E-state index >= 15 is 0 Å². The number of halogens is 1. The number of nitrogens with zero attached hydrogens (tertiary/aromatic N) is 1. The van der Waals surface area contributed by atoms with Crippen LogP contribution >= 0.6 is 0 Å². The largest absolute Gasteiger partial charge is 0.467 e. The summed E-state index contributed by atoms with van der Waals surface area (Å²) >= 11 is 0. The summed E-state index contributed by atoms with van der Waals surface area (Å²) in [4.78, 5) is 39.3. The minimum atomic E-state index is -0.767. The fourth-order valence-corrected chi connectivity index (χ4v) is 3.63. The Morgan fingerprint density at radius 1 is 1.17 bits per heavy atom. The van der Waals surface area contributed by atoms with Gasteiger partial charge in [-0.15, -0.1) is 0 Å². The van der Waals surface area contributed by atoms with Gasteiger partial charge < -0.3 is 20.0 Å². The highest BCUT2D eigenvalue weighted by Crippen LogP contribution is 2.22. The molecule has 3 rings (SSSR count). The lowest BCUT2D eigenvalue weighted by molar-refractivity contribution is -0.132. The molecule has 1 aromatic heterocycles. The first kappa shape index (κ1) is 21.5. The van der Waals surface area contributed by atoms with Gasteiger partial charge in [0.2, 0.25) is 11.8 Å². The molecule has 1 aliphatic rings. The zero-order chi connectivity index (χ0) is 21.5. The van der Waals surface area contributed by atoms with E-state index in [4.69, 9.17) is 4.42 Å². The molecule has 0 radical (unpaired) electrons. The Hall–Kier alpha value is -3.16. The molecule has 1 atom stereocenters. The second kappa shape index (κ2) is 10.0. The number of hydrogen-bond acceptors (Lipinski definition) is 4. The standard InChI is InChI=1S/C22H26FN3O4/c1-2-19(27)26-11-9-15(10-12-26)20(22(29)24-14-18-4-3-13-30-18)25-21(28)16-5-7-17(23)8-6-16/h3-8,13,15,20H,2,9-12,14H2,1H3,(H,24,29)(H,25,28). The van der Waals surface area contributed by atoms with E-state index in [1.807, 2.05) is 6.92 Å². The van der Waals surface area contributed by atoms with Crippen molar-refractivity contribution < 1.29 is 23.2 Å². The highest BCUT2D eigenvalue weighted by molar-refractivity contribution is 5.97. The van der Waals surface area contributed by atoms with Crippen LogP contribution in [-0.2, 0) is 16.1 Å². The lowest BCUT2D eigenvalue weighted by Gasteiger charge is -2.35. The third-order valence-corrected chi connectivity index (χ3v) is 5.36. The number of hydrogen-bond donors (Lipinski definition) is 2. The molecule has 3 amide bonds. The van der Waals surface area contributed by atoms with Crippen molar-refractivity contribution in [1.29, 1.82) is 0 Å². The second-order valence-electron chi connectivity index (χ2n) is 7.33. The van der Waals surface area contributed by atoms with Gasteiger partial charge in [0, 0.05) is 25.1 Å². The quantitative estimate of drug-likeness (QED) is 0.727. The van der Waals surface area contributed by atoms with Crippen LogP contribution in [0.2, 0.25) is 0 Å². The maximum atomic E-state index is 13.2. The number of benzene rings is 1. The van der Waals surface area contributed by atoms with E-state index < -0.39 is 17.8 Å². The number of carbonyl (C=O) groups is 3. The Labute approximate surface area is 174 Å². The molecule has 7 nitrogen and oxygen atoms in total. The van der Waals surface area contributed by atoms with Crippen LogP contribution in [0.5, 0.6) is 0 Å². The topological polar surface area (TPSA) is 91.7 Å². The molecule has 8 heteroatoms. The zero-order valence-electron chi connectivity index (χ0n) is 16.9. The monoisotopic (exact) mass is 415 g/mol. The Bertz CT molecular complexity index is 859. The van der Waals surface area contributed by atoms with Gasteiger partial charge in [-0.3, -0.25) is 14.4 Å². The van der Waals surface area contributed by atoms with Crippen LogP contribution in [0.3, 0.4) is 0 Å². The average molecular weight is 415 g/mol. The summed E-state index contributed by atoms with van der Waals surface area (Å²) in [6.07, 6.45) is 3.18. The predicted octanol–water partition coefficient (Wildman–Crippen LogP) is 2.48. The number of rotatable bonds is 7. The maximum absolute atomic E-state index is 13.2. The van der Waals surface area contributed by atoms with Crippen LogP contribution in [-0.4, -0.2) is 41.8 Å². The Kier molecular flexibility index (Phi) is 7.21. The molecule has 1 fully saturated rings. The summed E-state index contributed by atoms with van der Waals surface area (Å²) in [5.74, 6) is -0.626. The molecule has 30 heavy (non-hydrogen) atoms. The van der Waals surface area contributed by atoms with Crippen molar-refractivity contribution in [2.75, 3.05) is 13.1 Å². The summed E-state index contributed by atoms with van der Waals surface area (Å²) in [5, 5.41) is 5.61. The lowest BCUT2D eigenvalue weighted by Crippen LogP contribution is -2.53. The number of nitrogens with one attached hydrogen (secondary N) is 2. The van der Waals surface area contributed by atoms with Gasteiger partial charge in [-0.1, -0.05) is 6.92 Å². The Morgan fingerprint density at radius 2 is 1.87 bits per heavy atom. The van der Waals surface area contributed by atoms with Crippen molar-refractivity contribution in [2.24, 2.45) is 5.92 Å². The highest BCUT2D eigenvalue weighted by atomic mass is 19.1. The van der Waals surface area contributed by atoms with Crippen LogP contribution in [0.15, 0.2) is 47.1 Å². The van der Waals surface area contributed by atoms with Crippen molar-refractivity contribution in [3.05, 3.63) is 59.8 Å². The molecule has 1 saturated heterocycles. The summed E-state index contributed by atoms with van der Waals surface area (Å²) in [5.41, 5.74) is 0.277. The molecule has 0 bridgehead atoms. The van der Waals surface area contributed by atoms with Gasteiger partial charge in [0.25, 0.3) is 5.91 Å². The third kappa shape index (κ3) is 5.46. The van der Waals surface area contributed by atoms with Crippen molar-refractivity contribution in [2.45, 2.75) is 38.8 Å². The van der Waals surface area contributed by atoms with E-state index in [9.17, 15) is 18.8 Å². The number of carbonyl (C=O) groups excluding carboxylic acids is 3. The fourth-order valence-electron chi connectivity index (χ4n) is 3.63. The minimum Gasteiger partial charge on any atom is -0.467 e. The van der Waals surface area contributed by atoms with Crippen molar-refractivity contribution in [3.63, 3.8) is 0 Å². The third-order valence-electron chi connectivity index (χ3n) is 5.36. The van der Waals surface area contributed by atoms with Crippen LogP contribution in [0.25, 0.3) is 0 Å². The molecule has 160 valence electrons. The molecular formula is C22H26FN3O4. The maximum Gasteiger partial charge on any atom is 0.251 e. The first-order valence-electron chi connectivity index (χ1n) is 10.1. The van der Waals surface area contributed by atoms with Gasteiger partial charge in [-0.25, -0.2) is 4.39 Å². The molecule has 2 N–H and O–H groups in total. The Morgan fingerprint density at radius 3 is 2.47 bits per heavy atom. The SMILES string of the molecule is CCC(=O)N1CCC(C(NC(=O)c2ccc(F)cc2)C(=O)NCc2ccco2)CC1. The van der Waals surface area contributed by atoms with Gasteiger partial charge in [-0.2, -0.15) is 0 Å². The average Bonchev–Trinajstić information content (AvgIpc) is 3.29. The smallest absolute Gasteiger partial charge is 0.251 e.